The van der Waals surface area contributed by atoms with Gasteiger partial charge in [0.25, 0.3) is 0 Å². The minimum Gasteiger partial charge on any atom is -0.462 e. The Kier molecular flexibility index (Phi) is 5.13. The third kappa shape index (κ3) is 4.65. The van der Waals surface area contributed by atoms with Gasteiger partial charge in [0, 0.05) is 6.54 Å². The second-order valence-corrected chi connectivity index (χ2v) is 6.63. The standard InChI is InChI=1S/C17H24N4OS/c1-3-10-20(11-14-5-6-14)12-21-17(23)18-16(19-21)9-8-15-7-4-13(2)22-15/h4,7-9,14H,3,5-6,10-12H2,1-2H3,(H,18,19,23)/b9-8+. The lowest BCUT2D eigenvalue weighted by atomic mass is 10.3. The van der Waals surface area contributed by atoms with Gasteiger partial charge in [-0.2, -0.15) is 4.98 Å². The molecule has 3 rings (SSSR count). The summed E-state index contributed by atoms with van der Waals surface area (Å²) >= 11 is 5.38. The molecule has 1 aliphatic carbocycles. The molecule has 1 saturated carbocycles. The number of aromatic nitrogens is 3. The number of hydrogen-bond donors (Lipinski definition) is 1. The summed E-state index contributed by atoms with van der Waals surface area (Å²) in [5.41, 5.74) is 0. The molecule has 2 aromatic heterocycles. The van der Waals surface area contributed by atoms with E-state index in [1.165, 1.54) is 12.8 Å². The highest BCUT2D eigenvalue weighted by atomic mass is 32.1. The van der Waals surface area contributed by atoms with Crippen LogP contribution in [0.1, 0.15) is 43.5 Å². The lowest BCUT2D eigenvalue weighted by molar-refractivity contribution is 0.197. The Morgan fingerprint density at radius 2 is 2.26 bits per heavy atom. The van der Waals surface area contributed by atoms with Gasteiger partial charge in [-0.3, -0.25) is 10.00 Å². The fraction of sp³-hybridized carbons (Fsp3) is 0.529. The summed E-state index contributed by atoms with van der Waals surface area (Å²) in [4.78, 5) is 6.86. The summed E-state index contributed by atoms with van der Waals surface area (Å²) in [6, 6.07) is 3.89. The van der Waals surface area contributed by atoms with Gasteiger partial charge in [-0.1, -0.05) is 6.92 Å². The van der Waals surface area contributed by atoms with E-state index >= 15 is 0 Å². The predicted molar refractivity (Wildman–Crippen MR) is 94.4 cm³/mol. The smallest absolute Gasteiger partial charge is 0.217 e. The molecule has 2 heterocycles. The molecule has 2 aromatic rings. The number of hydrogen-bond acceptors (Lipinski definition) is 4. The van der Waals surface area contributed by atoms with Crippen LogP contribution in [0.3, 0.4) is 0 Å². The van der Waals surface area contributed by atoms with Crippen LogP contribution in [-0.4, -0.2) is 32.8 Å². The molecule has 0 amide bonds. The van der Waals surface area contributed by atoms with E-state index in [0.29, 0.717) is 4.77 Å². The third-order valence-electron chi connectivity index (χ3n) is 3.96. The first-order chi connectivity index (χ1) is 11.1. The van der Waals surface area contributed by atoms with Gasteiger partial charge in [-0.15, -0.1) is 0 Å². The van der Waals surface area contributed by atoms with Crippen molar-refractivity contribution < 1.29 is 4.42 Å². The van der Waals surface area contributed by atoms with Crippen molar-refractivity contribution in [3.8, 4) is 0 Å². The fourth-order valence-corrected chi connectivity index (χ4v) is 2.85. The van der Waals surface area contributed by atoms with E-state index in [0.717, 1.165) is 49.4 Å². The molecule has 0 aliphatic heterocycles. The van der Waals surface area contributed by atoms with E-state index in [1.54, 1.807) is 0 Å². The van der Waals surface area contributed by atoms with Gasteiger partial charge in [-0.25, -0.2) is 4.68 Å². The topological polar surface area (TPSA) is 50.0 Å². The minimum atomic E-state index is 0.595. The number of nitrogens with zero attached hydrogens (tertiary/aromatic N) is 3. The Hall–Kier alpha value is -1.66. The molecule has 0 spiro atoms. The van der Waals surface area contributed by atoms with Gasteiger partial charge in [0.15, 0.2) is 0 Å². The molecule has 124 valence electrons. The number of aryl methyl sites for hydroxylation is 1. The van der Waals surface area contributed by atoms with Gasteiger partial charge in [0.2, 0.25) is 4.77 Å². The summed E-state index contributed by atoms with van der Waals surface area (Å²) in [5.74, 6) is 3.35. The Morgan fingerprint density at radius 3 is 2.91 bits per heavy atom. The van der Waals surface area contributed by atoms with Crippen molar-refractivity contribution in [1.82, 2.24) is 19.7 Å². The predicted octanol–water partition coefficient (Wildman–Crippen LogP) is 4.09. The number of rotatable bonds is 8. The zero-order chi connectivity index (χ0) is 16.2. The summed E-state index contributed by atoms with van der Waals surface area (Å²) in [6.45, 7) is 7.18. The van der Waals surface area contributed by atoms with Crippen molar-refractivity contribution >= 4 is 24.4 Å². The normalized spacial score (nSPS) is 15.1. The van der Waals surface area contributed by atoms with E-state index in [2.05, 4.69) is 21.9 Å². The molecule has 0 saturated heterocycles. The second kappa shape index (κ2) is 7.27. The molecule has 5 nitrogen and oxygen atoms in total. The zero-order valence-corrected chi connectivity index (χ0v) is 14.6. The van der Waals surface area contributed by atoms with Crippen LogP contribution in [0.2, 0.25) is 0 Å². The number of nitrogens with one attached hydrogen (secondary N) is 1. The van der Waals surface area contributed by atoms with Crippen LogP contribution < -0.4 is 0 Å². The van der Waals surface area contributed by atoms with Crippen molar-refractivity contribution in [2.75, 3.05) is 13.1 Å². The maximum atomic E-state index is 5.52. The number of H-pyrrole nitrogens is 1. The number of furan rings is 1. The van der Waals surface area contributed by atoms with Crippen molar-refractivity contribution in [1.29, 1.82) is 0 Å². The summed E-state index contributed by atoms with van der Waals surface area (Å²) in [6.07, 6.45) is 7.68. The van der Waals surface area contributed by atoms with Crippen molar-refractivity contribution in [2.24, 2.45) is 5.92 Å². The molecule has 1 fully saturated rings. The molecule has 0 atom stereocenters. The second-order valence-electron chi connectivity index (χ2n) is 6.26. The highest BCUT2D eigenvalue weighted by Crippen LogP contribution is 2.29. The average molecular weight is 332 g/mol. The summed E-state index contributed by atoms with van der Waals surface area (Å²) in [5, 5.41) is 3.27. The average Bonchev–Trinajstić information content (AvgIpc) is 3.12. The van der Waals surface area contributed by atoms with Gasteiger partial charge in [0.05, 0.1) is 6.67 Å². The van der Waals surface area contributed by atoms with Crippen LogP contribution in [0.15, 0.2) is 16.5 Å². The van der Waals surface area contributed by atoms with Crippen molar-refractivity contribution in [3.63, 3.8) is 0 Å². The van der Waals surface area contributed by atoms with Crippen molar-refractivity contribution in [2.45, 2.75) is 39.8 Å². The zero-order valence-electron chi connectivity index (χ0n) is 13.8. The Morgan fingerprint density at radius 1 is 1.43 bits per heavy atom. The van der Waals surface area contributed by atoms with Crippen LogP contribution in [-0.2, 0) is 6.67 Å². The molecule has 0 unspecified atom stereocenters. The Labute approximate surface area is 142 Å². The molecule has 1 aliphatic rings. The molecule has 0 bridgehead atoms. The summed E-state index contributed by atoms with van der Waals surface area (Å²) < 4.78 is 8.06. The molecule has 1 N–H and O–H groups in total. The highest BCUT2D eigenvalue weighted by molar-refractivity contribution is 7.71. The van der Waals surface area contributed by atoms with Gasteiger partial charge < -0.3 is 4.42 Å². The molecule has 23 heavy (non-hydrogen) atoms. The van der Waals surface area contributed by atoms with Crippen LogP contribution in [0.4, 0.5) is 0 Å². The molecule has 6 heteroatoms. The van der Waals surface area contributed by atoms with Crippen molar-refractivity contribution in [3.05, 3.63) is 34.2 Å². The van der Waals surface area contributed by atoms with Gasteiger partial charge in [0.1, 0.15) is 17.3 Å². The monoisotopic (exact) mass is 332 g/mol. The first kappa shape index (κ1) is 16.2. The first-order valence-electron chi connectivity index (χ1n) is 8.27. The SMILES string of the molecule is CCCN(CC1CC1)Cn1[nH]c(/C=C/c2ccc(C)o2)nc1=S. The van der Waals surface area contributed by atoms with E-state index in [9.17, 15) is 0 Å². The van der Waals surface area contributed by atoms with Crippen LogP contribution in [0, 0.1) is 17.6 Å². The molecule has 0 radical (unpaired) electrons. The first-order valence-corrected chi connectivity index (χ1v) is 8.68. The fourth-order valence-electron chi connectivity index (χ4n) is 2.65. The lowest BCUT2D eigenvalue weighted by Gasteiger charge is -2.21. The van der Waals surface area contributed by atoms with E-state index in [4.69, 9.17) is 16.6 Å². The lowest BCUT2D eigenvalue weighted by Crippen LogP contribution is -2.30. The molecular weight excluding hydrogens is 308 g/mol. The minimum absolute atomic E-state index is 0.595. The van der Waals surface area contributed by atoms with Crippen LogP contribution in [0.25, 0.3) is 12.2 Å². The Balaban J connectivity index is 1.67. The van der Waals surface area contributed by atoms with Crippen LogP contribution in [0.5, 0.6) is 0 Å². The maximum absolute atomic E-state index is 5.52. The summed E-state index contributed by atoms with van der Waals surface area (Å²) in [7, 11) is 0. The van der Waals surface area contributed by atoms with Crippen LogP contribution >= 0.6 is 12.2 Å². The highest BCUT2D eigenvalue weighted by Gasteiger charge is 2.24. The van der Waals surface area contributed by atoms with E-state index in [1.807, 2.05) is 35.9 Å². The Bertz CT molecular complexity index is 723. The van der Waals surface area contributed by atoms with E-state index in [-0.39, 0.29) is 0 Å². The molecule has 0 aromatic carbocycles. The molecular formula is C17H24N4OS. The maximum Gasteiger partial charge on any atom is 0.217 e. The number of aromatic amines is 1. The quantitative estimate of drug-likeness (QED) is 0.740. The van der Waals surface area contributed by atoms with Gasteiger partial charge in [-0.05, 0) is 75.2 Å². The van der Waals surface area contributed by atoms with Gasteiger partial charge >= 0.3 is 0 Å². The largest absolute Gasteiger partial charge is 0.462 e. The third-order valence-corrected chi connectivity index (χ3v) is 4.27. The van der Waals surface area contributed by atoms with E-state index < -0.39 is 0 Å².